The van der Waals surface area contributed by atoms with Crippen molar-refractivity contribution < 1.29 is 13.2 Å². The second kappa shape index (κ2) is 3.95. The normalized spacial score (nSPS) is 15.5. The average molecular weight is 169 g/mol. The molecule has 0 bridgehead atoms. The third-order valence-corrected chi connectivity index (χ3v) is 1.77. The van der Waals surface area contributed by atoms with Crippen molar-refractivity contribution in [1.29, 1.82) is 0 Å². The molecule has 0 aliphatic heterocycles. The summed E-state index contributed by atoms with van der Waals surface area (Å²) in [6, 6.07) is -0.00313. The molecular formula is C7H14F3N. The minimum atomic E-state index is -4.07. The van der Waals surface area contributed by atoms with E-state index in [0.717, 1.165) is 6.42 Å². The first-order chi connectivity index (χ1) is 4.87. The van der Waals surface area contributed by atoms with Crippen LogP contribution in [0, 0.1) is 0 Å². The highest BCUT2D eigenvalue weighted by atomic mass is 19.4. The molecule has 1 nitrogen and oxygen atoms in total. The Morgan fingerprint density at radius 1 is 1.36 bits per heavy atom. The van der Waals surface area contributed by atoms with Gasteiger partial charge in [0.1, 0.15) is 0 Å². The van der Waals surface area contributed by atoms with Crippen molar-refractivity contribution in [3.63, 3.8) is 0 Å². The van der Waals surface area contributed by atoms with E-state index in [1.165, 1.54) is 11.9 Å². The van der Waals surface area contributed by atoms with Gasteiger partial charge in [0.25, 0.3) is 0 Å². The van der Waals surface area contributed by atoms with E-state index in [9.17, 15) is 13.2 Å². The van der Waals surface area contributed by atoms with E-state index < -0.39 is 12.7 Å². The van der Waals surface area contributed by atoms with Crippen LogP contribution in [0.4, 0.5) is 13.2 Å². The summed E-state index contributed by atoms with van der Waals surface area (Å²) in [4.78, 5) is 1.31. The quantitative estimate of drug-likeness (QED) is 0.626. The van der Waals surface area contributed by atoms with E-state index in [4.69, 9.17) is 0 Å². The Morgan fingerprint density at radius 2 is 1.82 bits per heavy atom. The molecule has 0 radical (unpaired) electrons. The number of halogens is 3. The second-order valence-electron chi connectivity index (χ2n) is 2.79. The molecule has 4 heteroatoms. The first-order valence-corrected chi connectivity index (χ1v) is 3.63. The van der Waals surface area contributed by atoms with E-state index in [0.29, 0.717) is 0 Å². The molecule has 0 heterocycles. The van der Waals surface area contributed by atoms with Gasteiger partial charge in [-0.3, -0.25) is 4.90 Å². The third kappa shape index (κ3) is 5.07. The largest absolute Gasteiger partial charge is 0.401 e. The number of hydrogen-bond acceptors (Lipinski definition) is 1. The summed E-state index contributed by atoms with van der Waals surface area (Å²) in [5.41, 5.74) is 0. The van der Waals surface area contributed by atoms with Crippen LogP contribution in [0.25, 0.3) is 0 Å². The van der Waals surface area contributed by atoms with E-state index in [1.54, 1.807) is 6.92 Å². The zero-order chi connectivity index (χ0) is 9.07. The van der Waals surface area contributed by atoms with Crippen molar-refractivity contribution in [2.24, 2.45) is 0 Å². The van der Waals surface area contributed by atoms with Gasteiger partial charge in [-0.05, 0) is 20.4 Å². The monoisotopic (exact) mass is 169 g/mol. The number of hydrogen-bond donors (Lipinski definition) is 0. The fourth-order valence-corrected chi connectivity index (χ4v) is 0.750. The Kier molecular flexibility index (Phi) is 3.86. The molecule has 0 unspecified atom stereocenters. The Labute approximate surface area is 65.2 Å². The molecule has 0 spiro atoms. The summed E-state index contributed by atoms with van der Waals surface area (Å²) in [5, 5.41) is 0. The molecule has 0 aromatic heterocycles. The highest BCUT2D eigenvalue weighted by Gasteiger charge is 2.30. The maximum absolute atomic E-state index is 11.8. The molecule has 11 heavy (non-hydrogen) atoms. The van der Waals surface area contributed by atoms with Gasteiger partial charge in [0.15, 0.2) is 0 Å². The molecule has 1 atom stereocenters. The van der Waals surface area contributed by atoms with Gasteiger partial charge < -0.3 is 0 Å². The lowest BCUT2D eigenvalue weighted by molar-refractivity contribution is -0.146. The number of alkyl halides is 3. The van der Waals surface area contributed by atoms with Crippen LogP contribution in [0.2, 0.25) is 0 Å². The second-order valence-corrected chi connectivity index (χ2v) is 2.79. The fourth-order valence-electron chi connectivity index (χ4n) is 0.750. The highest BCUT2D eigenvalue weighted by Crippen LogP contribution is 2.17. The molecule has 0 saturated carbocycles. The Hall–Kier alpha value is -0.250. The Balaban J connectivity index is 3.77. The topological polar surface area (TPSA) is 3.24 Å². The van der Waals surface area contributed by atoms with Crippen LogP contribution in [-0.2, 0) is 0 Å². The van der Waals surface area contributed by atoms with Crippen LogP contribution < -0.4 is 0 Å². The maximum Gasteiger partial charge on any atom is 0.401 e. The highest BCUT2D eigenvalue weighted by molar-refractivity contribution is 4.64. The predicted octanol–water partition coefficient (Wildman–Crippen LogP) is 2.28. The van der Waals surface area contributed by atoms with Crippen LogP contribution in [0.1, 0.15) is 20.3 Å². The van der Waals surface area contributed by atoms with E-state index in [2.05, 4.69) is 0 Å². The summed E-state index contributed by atoms with van der Waals surface area (Å²) >= 11 is 0. The SMILES string of the molecule is CC[C@@H](C)N(C)CC(F)(F)F. The lowest BCUT2D eigenvalue weighted by Crippen LogP contribution is -2.36. The summed E-state index contributed by atoms with van der Waals surface area (Å²) in [6.07, 6.45) is -3.33. The molecule has 0 fully saturated rings. The first-order valence-electron chi connectivity index (χ1n) is 3.63. The lowest BCUT2D eigenvalue weighted by atomic mass is 10.2. The van der Waals surface area contributed by atoms with Crippen molar-refractivity contribution >= 4 is 0 Å². The minimum Gasteiger partial charge on any atom is -0.295 e. The van der Waals surface area contributed by atoms with Crippen molar-refractivity contribution in [3.05, 3.63) is 0 Å². The molecule has 0 N–H and O–H groups in total. The van der Waals surface area contributed by atoms with Gasteiger partial charge in [0.05, 0.1) is 6.54 Å². The Bertz CT molecular complexity index is 111. The van der Waals surface area contributed by atoms with Gasteiger partial charge in [-0.25, -0.2) is 0 Å². The molecular weight excluding hydrogens is 155 g/mol. The number of rotatable bonds is 3. The summed E-state index contributed by atoms with van der Waals surface area (Å²) < 4.78 is 35.3. The van der Waals surface area contributed by atoms with Crippen molar-refractivity contribution in [2.45, 2.75) is 32.5 Å². The molecule has 0 aromatic rings. The van der Waals surface area contributed by atoms with Crippen LogP contribution in [0.5, 0.6) is 0 Å². The zero-order valence-electron chi connectivity index (χ0n) is 7.07. The molecule has 0 rings (SSSR count). The van der Waals surface area contributed by atoms with Gasteiger partial charge >= 0.3 is 6.18 Å². The van der Waals surface area contributed by atoms with E-state index in [1.807, 2.05) is 6.92 Å². The summed E-state index contributed by atoms with van der Waals surface area (Å²) in [5.74, 6) is 0. The summed E-state index contributed by atoms with van der Waals surface area (Å²) in [6.45, 7) is 2.84. The van der Waals surface area contributed by atoms with Gasteiger partial charge in [0.2, 0.25) is 0 Å². The van der Waals surface area contributed by atoms with Crippen LogP contribution in [0.15, 0.2) is 0 Å². The van der Waals surface area contributed by atoms with Gasteiger partial charge in [-0.15, -0.1) is 0 Å². The standard InChI is InChI=1S/C7H14F3N/c1-4-6(2)11(3)5-7(8,9)10/h6H,4-5H2,1-3H3/t6-/m1/s1. The van der Waals surface area contributed by atoms with E-state index >= 15 is 0 Å². The average Bonchev–Trinajstić information content (AvgIpc) is 1.82. The van der Waals surface area contributed by atoms with Crippen LogP contribution in [0.3, 0.4) is 0 Å². The van der Waals surface area contributed by atoms with Crippen molar-refractivity contribution in [2.75, 3.05) is 13.6 Å². The minimum absolute atomic E-state index is 0.00313. The van der Waals surface area contributed by atoms with Crippen LogP contribution >= 0.6 is 0 Å². The molecule has 0 aliphatic carbocycles. The number of nitrogens with zero attached hydrogens (tertiary/aromatic N) is 1. The smallest absolute Gasteiger partial charge is 0.295 e. The molecule has 68 valence electrons. The van der Waals surface area contributed by atoms with E-state index in [-0.39, 0.29) is 6.04 Å². The van der Waals surface area contributed by atoms with Crippen molar-refractivity contribution in [3.8, 4) is 0 Å². The fraction of sp³-hybridized carbons (Fsp3) is 1.00. The van der Waals surface area contributed by atoms with Gasteiger partial charge in [-0.2, -0.15) is 13.2 Å². The molecule has 0 saturated heterocycles. The molecule has 0 aliphatic rings. The maximum atomic E-state index is 11.8. The molecule has 0 aromatic carbocycles. The van der Waals surface area contributed by atoms with Gasteiger partial charge in [0, 0.05) is 6.04 Å². The first kappa shape index (κ1) is 10.8. The lowest BCUT2D eigenvalue weighted by Gasteiger charge is -2.24. The van der Waals surface area contributed by atoms with Crippen molar-refractivity contribution in [1.82, 2.24) is 4.90 Å². The third-order valence-electron chi connectivity index (χ3n) is 1.77. The van der Waals surface area contributed by atoms with Crippen LogP contribution in [-0.4, -0.2) is 30.7 Å². The Morgan fingerprint density at radius 3 is 2.09 bits per heavy atom. The zero-order valence-corrected chi connectivity index (χ0v) is 7.07. The summed E-state index contributed by atoms with van der Waals surface area (Å²) in [7, 11) is 1.49. The van der Waals surface area contributed by atoms with Gasteiger partial charge in [-0.1, -0.05) is 6.92 Å². The predicted molar refractivity (Wildman–Crippen MR) is 38.4 cm³/mol. The molecule has 0 amide bonds.